The molecule has 2 aromatic rings. The summed E-state index contributed by atoms with van der Waals surface area (Å²) < 4.78 is 39.6. The van der Waals surface area contributed by atoms with E-state index in [4.69, 9.17) is 11.6 Å². The van der Waals surface area contributed by atoms with E-state index in [9.17, 15) is 13.2 Å². The summed E-state index contributed by atoms with van der Waals surface area (Å²) >= 11 is 7.24. The highest BCUT2D eigenvalue weighted by atomic mass is 35.5. The maximum atomic E-state index is 12.6. The van der Waals surface area contributed by atoms with Crippen LogP contribution in [0.25, 0.3) is 4.96 Å². The SMILES string of the molecule is CCCN(CC(F)(F)F)c1nc2sccn2c1CCl. The predicted molar refractivity (Wildman–Crippen MR) is 71.2 cm³/mol. The topological polar surface area (TPSA) is 20.5 Å². The van der Waals surface area contributed by atoms with Crippen molar-refractivity contribution in [3.63, 3.8) is 0 Å². The largest absolute Gasteiger partial charge is 0.405 e. The first-order chi connectivity index (χ1) is 8.96. The monoisotopic (exact) mass is 311 g/mol. The van der Waals surface area contributed by atoms with Crippen LogP contribution in [0.2, 0.25) is 0 Å². The van der Waals surface area contributed by atoms with Gasteiger partial charge in [-0.25, -0.2) is 4.98 Å². The fourth-order valence-electron chi connectivity index (χ4n) is 1.94. The molecular formula is C11H13ClF3N3S. The van der Waals surface area contributed by atoms with Crippen molar-refractivity contribution in [1.82, 2.24) is 9.38 Å². The zero-order valence-corrected chi connectivity index (χ0v) is 11.8. The second kappa shape index (κ2) is 5.58. The first kappa shape index (κ1) is 14.5. The van der Waals surface area contributed by atoms with Crippen LogP contribution in [0.5, 0.6) is 0 Å². The van der Waals surface area contributed by atoms with Gasteiger partial charge < -0.3 is 4.90 Å². The van der Waals surface area contributed by atoms with Crippen molar-refractivity contribution in [2.24, 2.45) is 0 Å². The smallest absolute Gasteiger partial charge is 0.346 e. The number of imidazole rings is 1. The Bertz CT molecular complexity index is 549. The summed E-state index contributed by atoms with van der Waals surface area (Å²) in [6, 6.07) is 0. The van der Waals surface area contributed by atoms with Crippen molar-refractivity contribution in [1.29, 1.82) is 0 Å². The van der Waals surface area contributed by atoms with Gasteiger partial charge in [0.15, 0.2) is 10.8 Å². The van der Waals surface area contributed by atoms with Crippen molar-refractivity contribution in [2.45, 2.75) is 25.4 Å². The third-order valence-electron chi connectivity index (χ3n) is 2.63. The summed E-state index contributed by atoms with van der Waals surface area (Å²) in [6.07, 6.45) is -1.87. The van der Waals surface area contributed by atoms with Gasteiger partial charge in [-0.2, -0.15) is 13.2 Å². The molecule has 0 aliphatic carbocycles. The van der Waals surface area contributed by atoms with Crippen molar-refractivity contribution in [3.05, 3.63) is 17.3 Å². The molecule has 0 fully saturated rings. The average Bonchev–Trinajstić information content (AvgIpc) is 2.85. The number of alkyl halides is 4. The van der Waals surface area contributed by atoms with E-state index in [-0.39, 0.29) is 5.88 Å². The fourth-order valence-corrected chi connectivity index (χ4v) is 2.92. The quantitative estimate of drug-likeness (QED) is 0.780. The molecule has 0 aromatic carbocycles. The van der Waals surface area contributed by atoms with E-state index in [2.05, 4.69) is 4.98 Å². The number of anilines is 1. The fraction of sp³-hybridized carbons (Fsp3) is 0.545. The van der Waals surface area contributed by atoms with E-state index >= 15 is 0 Å². The number of thiazole rings is 1. The van der Waals surface area contributed by atoms with Gasteiger partial charge in [-0.05, 0) is 6.42 Å². The van der Waals surface area contributed by atoms with Gasteiger partial charge in [0.05, 0.1) is 11.6 Å². The normalized spacial score (nSPS) is 12.3. The van der Waals surface area contributed by atoms with Crippen molar-refractivity contribution >= 4 is 33.7 Å². The van der Waals surface area contributed by atoms with Crippen molar-refractivity contribution in [3.8, 4) is 0 Å². The molecule has 2 heterocycles. The Labute approximate surface area is 117 Å². The molecule has 0 unspecified atom stereocenters. The molecule has 0 radical (unpaired) electrons. The third-order valence-corrected chi connectivity index (χ3v) is 3.64. The standard InChI is InChI=1S/C11H13ClF3N3S/c1-2-3-17(7-11(13,14)15)9-8(6-12)18-4-5-19-10(18)16-9/h4-5H,2-3,6-7H2,1H3. The zero-order chi connectivity index (χ0) is 14.0. The third kappa shape index (κ3) is 3.14. The highest BCUT2D eigenvalue weighted by molar-refractivity contribution is 7.15. The molecule has 0 saturated carbocycles. The predicted octanol–water partition coefficient (Wildman–Crippen LogP) is 3.91. The Morgan fingerprint density at radius 3 is 2.79 bits per heavy atom. The van der Waals surface area contributed by atoms with Crippen LogP contribution in [0, 0.1) is 0 Å². The Balaban J connectivity index is 2.40. The number of halogens is 4. The summed E-state index contributed by atoms with van der Waals surface area (Å²) in [7, 11) is 0. The molecule has 2 aromatic heterocycles. The molecule has 19 heavy (non-hydrogen) atoms. The lowest BCUT2D eigenvalue weighted by molar-refractivity contribution is -0.119. The van der Waals surface area contributed by atoms with Crippen molar-refractivity contribution < 1.29 is 13.2 Å². The molecule has 0 bridgehead atoms. The van der Waals surface area contributed by atoms with Gasteiger partial charge >= 0.3 is 6.18 Å². The van der Waals surface area contributed by atoms with Crippen LogP contribution in [-0.4, -0.2) is 28.7 Å². The first-order valence-corrected chi connectivity index (χ1v) is 7.19. The molecule has 0 atom stereocenters. The summed E-state index contributed by atoms with van der Waals surface area (Å²) in [5.41, 5.74) is 0.607. The van der Waals surface area contributed by atoms with Gasteiger partial charge in [0.1, 0.15) is 6.54 Å². The van der Waals surface area contributed by atoms with Gasteiger partial charge in [-0.3, -0.25) is 4.40 Å². The van der Waals surface area contributed by atoms with E-state index < -0.39 is 12.7 Å². The summed E-state index contributed by atoms with van der Waals surface area (Å²) in [4.78, 5) is 6.18. The van der Waals surface area contributed by atoms with Crippen LogP contribution in [0.15, 0.2) is 11.6 Å². The lowest BCUT2D eigenvalue weighted by Gasteiger charge is -2.24. The van der Waals surface area contributed by atoms with E-state index in [1.807, 2.05) is 12.3 Å². The molecule has 0 aliphatic heterocycles. The summed E-state index contributed by atoms with van der Waals surface area (Å²) in [6.45, 7) is 1.13. The van der Waals surface area contributed by atoms with E-state index in [1.165, 1.54) is 16.2 Å². The Kier molecular flexibility index (Phi) is 4.25. The lowest BCUT2D eigenvalue weighted by Crippen LogP contribution is -2.35. The minimum absolute atomic E-state index is 0.130. The molecule has 0 saturated heterocycles. The van der Waals surface area contributed by atoms with Crippen LogP contribution in [0.3, 0.4) is 0 Å². The molecule has 106 valence electrons. The molecule has 0 aliphatic rings. The van der Waals surface area contributed by atoms with Crippen LogP contribution in [-0.2, 0) is 5.88 Å². The van der Waals surface area contributed by atoms with Crippen LogP contribution in [0.1, 0.15) is 19.0 Å². The number of rotatable bonds is 5. The molecule has 0 spiro atoms. The van der Waals surface area contributed by atoms with Gasteiger partial charge in [-0.1, -0.05) is 6.92 Å². The second-order valence-electron chi connectivity index (χ2n) is 4.11. The molecule has 0 N–H and O–H groups in total. The highest BCUT2D eigenvalue weighted by Gasteiger charge is 2.32. The van der Waals surface area contributed by atoms with E-state index in [0.29, 0.717) is 29.4 Å². The van der Waals surface area contributed by atoms with E-state index in [1.54, 1.807) is 10.6 Å². The van der Waals surface area contributed by atoms with Crippen molar-refractivity contribution in [2.75, 3.05) is 18.0 Å². The van der Waals surface area contributed by atoms with Crippen LogP contribution in [0.4, 0.5) is 19.0 Å². The number of hydrogen-bond donors (Lipinski definition) is 0. The van der Waals surface area contributed by atoms with Gasteiger partial charge in [0, 0.05) is 18.1 Å². The molecule has 8 heteroatoms. The lowest BCUT2D eigenvalue weighted by atomic mass is 10.3. The highest BCUT2D eigenvalue weighted by Crippen LogP contribution is 2.28. The van der Waals surface area contributed by atoms with Gasteiger partial charge in [-0.15, -0.1) is 22.9 Å². The summed E-state index contributed by atoms with van der Waals surface area (Å²) in [5, 5.41) is 1.83. The maximum absolute atomic E-state index is 12.6. The number of fused-ring (bicyclic) bond motifs is 1. The molecule has 2 rings (SSSR count). The second-order valence-corrected chi connectivity index (χ2v) is 5.25. The first-order valence-electron chi connectivity index (χ1n) is 5.78. The summed E-state index contributed by atoms with van der Waals surface area (Å²) in [5.74, 6) is 0.465. The number of hydrogen-bond acceptors (Lipinski definition) is 3. The molecular weight excluding hydrogens is 299 g/mol. The Morgan fingerprint density at radius 1 is 1.47 bits per heavy atom. The molecule has 3 nitrogen and oxygen atoms in total. The minimum Gasteiger partial charge on any atom is -0.346 e. The van der Waals surface area contributed by atoms with Gasteiger partial charge in [0.25, 0.3) is 0 Å². The maximum Gasteiger partial charge on any atom is 0.405 e. The number of nitrogens with zero attached hydrogens (tertiary/aromatic N) is 3. The average molecular weight is 312 g/mol. The van der Waals surface area contributed by atoms with Crippen LogP contribution >= 0.6 is 22.9 Å². The number of aromatic nitrogens is 2. The Morgan fingerprint density at radius 2 is 2.21 bits per heavy atom. The minimum atomic E-state index is -4.25. The zero-order valence-electron chi connectivity index (χ0n) is 10.2. The van der Waals surface area contributed by atoms with Crippen LogP contribution < -0.4 is 4.90 Å². The Hall–Kier alpha value is -0.950. The van der Waals surface area contributed by atoms with Gasteiger partial charge in [0.2, 0.25) is 0 Å². The van der Waals surface area contributed by atoms with E-state index in [0.717, 1.165) is 0 Å². The molecule has 0 amide bonds.